The Kier molecular flexibility index (Phi) is 4.35. The zero-order chi connectivity index (χ0) is 17.7. The van der Waals surface area contributed by atoms with Crippen LogP contribution in [0.5, 0.6) is 0 Å². The summed E-state index contributed by atoms with van der Waals surface area (Å²) >= 11 is 0. The van der Waals surface area contributed by atoms with Crippen LogP contribution in [0.1, 0.15) is 25.7 Å². The lowest BCUT2D eigenvalue weighted by Crippen LogP contribution is -2.58. The van der Waals surface area contributed by atoms with Crippen molar-refractivity contribution < 1.29 is 35.7 Å². The number of benzene rings is 1. The van der Waals surface area contributed by atoms with Crippen molar-refractivity contribution in [1.29, 1.82) is 0 Å². The van der Waals surface area contributed by atoms with Gasteiger partial charge < -0.3 is 18.9 Å². The molecule has 0 radical (unpaired) electrons. The first-order valence-corrected chi connectivity index (χ1v) is 9.42. The van der Waals surface area contributed by atoms with Gasteiger partial charge in [0.2, 0.25) is 0 Å². The van der Waals surface area contributed by atoms with E-state index in [0.29, 0.717) is 0 Å². The van der Waals surface area contributed by atoms with Crippen molar-refractivity contribution >= 4 is 10.4 Å². The molecule has 3 aliphatic heterocycles. The molecule has 1 unspecified atom stereocenters. The van der Waals surface area contributed by atoms with Crippen LogP contribution < -0.4 is 0 Å². The Labute approximate surface area is 146 Å². The highest BCUT2D eigenvalue weighted by molar-refractivity contribution is 7.81. The van der Waals surface area contributed by atoms with Crippen molar-refractivity contribution in [3.8, 4) is 0 Å². The molecule has 3 aliphatic rings. The number of rotatable bonds is 2. The summed E-state index contributed by atoms with van der Waals surface area (Å²) in [6.07, 6.45) is -3.29. The monoisotopic (exact) mass is 372 g/mol. The lowest BCUT2D eigenvalue weighted by atomic mass is 10.0. The fourth-order valence-electron chi connectivity index (χ4n) is 3.21. The van der Waals surface area contributed by atoms with Crippen LogP contribution >= 0.6 is 0 Å². The lowest BCUT2D eigenvalue weighted by molar-refractivity contribution is -0.313. The van der Waals surface area contributed by atoms with E-state index in [-0.39, 0.29) is 13.2 Å². The molecule has 0 saturated carbocycles. The van der Waals surface area contributed by atoms with Crippen molar-refractivity contribution in [1.82, 2.24) is 0 Å². The van der Waals surface area contributed by atoms with Crippen LogP contribution in [0.25, 0.3) is 0 Å². The van der Waals surface area contributed by atoms with Crippen molar-refractivity contribution in [2.75, 3.05) is 13.2 Å². The van der Waals surface area contributed by atoms with Gasteiger partial charge >= 0.3 is 10.4 Å². The van der Waals surface area contributed by atoms with Crippen LogP contribution in [0, 0.1) is 0 Å². The van der Waals surface area contributed by atoms with E-state index in [1.165, 1.54) is 0 Å². The van der Waals surface area contributed by atoms with E-state index in [2.05, 4.69) is 0 Å². The maximum Gasteiger partial charge on any atom is 0.400 e. The highest BCUT2D eigenvalue weighted by atomic mass is 32.3. The van der Waals surface area contributed by atoms with Gasteiger partial charge in [0.05, 0.1) is 13.2 Å². The van der Waals surface area contributed by atoms with Gasteiger partial charge in [0.1, 0.15) is 24.4 Å². The van der Waals surface area contributed by atoms with E-state index in [4.69, 9.17) is 27.3 Å². The Morgan fingerprint density at radius 1 is 1.00 bits per heavy atom. The molecule has 9 heteroatoms. The first-order chi connectivity index (χ1) is 11.8. The van der Waals surface area contributed by atoms with E-state index >= 15 is 0 Å². The second-order valence-electron chi connectivity index (χ2n) is 6.64. The molecule has 3 heterocycles. The van der Waals surface area contributed by atoms with Crippen molar-refractivity contribution in [2.45, 2.75) is 50.3 Å². The Morgan fingerprint density at radius 3 is 2.44 bits per heavy atom. The number of fused-ring (bicyclic) bond motifs is 1. The topological polar surface area (TPSA) is 89.5 Å². The first kappa shape index (κ1) is 17.3. The third-order valence-corrected chi connectivity index (χ3v) is 5.23. The Hall–Kier alpha value is -1.07. The summed E-state index contributed by atoms with van der Waals surface area (Å²) in [7, 11) is -4.08. The fraction of sp³-hybridized carbons (Fsp3) is 0.625. The summed E-state index contributed by atoms with van der Waals surface area (Å²) in [5, 5.41) is 0. The molecular weight excluding hydrogens is 352 g/mol. The van der Waals surface area contributed by atoms with Gasteiger partial charge in [-0.15, -0.1) is 0 Å². The van der Waals surface area contributed by atoms with Crippen LogP contribution in [0.4, 0.5) is 0 Å². The molecule has 1 aromatic rings. The second-order valence-corrected chi connectivity index (χ2v) is 7.88. The molecule has 0 bridgehead atoms. The summed E-state index contributed by atoms with van der Waals surface area (Å²) in [6.45, 7) is 3.72. The Balaban J connectivity index is 1.62. The van der Waals surface area contributed by atoms with Crippen LogP contribution in [0.3, 0.4) is 0 Å². The zero-order valence-electron chi connectivity index (χ0n) is 13.9. The van der Waals surface area contributed by atoms with E-state index in [1.54, 1.807) is 13.8 Å². The smallest absolute Gasteiger partial charge is 0.348 e. The molecule has 3 saturated heterocycles. The average molecular weight is 372 g/mol. The normalized spacial score (nSPS) is 39.7. The summed E-state index contributed by atoms with van der Waals surface area (Å²) < 4.78 is 56.7. The molecule has 5 atom stereocenters. The maximum absolute atomic E-state index is 11.7. The van der Waals surface area contributed by atoms with Gasteiger partial charge in [0, 0.05) is 5.56 Å². The SMILES string of the molecule is CC1(C)OC[C@H]([C@H]2OC(c3ccccc3)O[C@H]3COS(=O)(=O)O[C@@H]23)O1. The highest BCUT2D eigenvalue weighted by Gasteiger charge is 2.52. The third-order valence-electron chi connectivity index (χ3n) is 4.34. The third kappa shape index (κ3) is 3.59. The summed E-state index contributed by atoms with van der Waals surface area (Å²) in [5.74, 6) is -0.770. The van der Waals surface area contributed by atoms with Crippen LogP contribution in [0.2, 0.25) is 0 Å². The molecule has 0 aliphatic carbocycles. The first-order valence-electron chi connectivity index (χ1n) is 8.08. The molecule has 0 aromatic heterocycles. The van der Waals surface area contributed by atoms with Gasteiger partial charge in [-0.05, 0) is 13.8 Å². The Morgan fingerprint density at radius 2 is 1.76 bits per heavy atom. The number of hydrogen-bond donors (Lipinski definition) is 0. The Bertz CT molecular complexity index is 719. The second kappa shape index (κ2) is 6.27. The minimum atomic E-state index is -4.08. The van der Waals surface area contributed by atoms with E-state index in [9.17, 15) is 8.42 Å². The summed E-state index contributed by atoms with van der Waals surface area (Å²) in [4.78, 5) is 0. The largest absolute Gasteiger partial charge is 0.400 e. The van der Waals surface area contributed by atoms with E-state index < -0.39 is 46.9 Å². The van der Waals surface area contributed by atoms with Gasteiger partial charge in [-0.25, -0.2) is 8.37 Å². The standard InChI is InChI=1S/C16H20O8S/c1-16(2)19-8-12(23-16)13-14-11(9-20-25(17,18)24-14)21-15(22-13)10-6-4-3-5-7-10/h3-7,11-15H,8-9H2,1-2H3/t11-,12+,13+,14+,15?/m0/s1. The highest BCUT2D eigenvalue weighted by Crippen LogP contribution is 2.39. The molecule has 1 aromatic carbocycles. The maximum atomic E-state index is 11.7. The van der Waals surface area contributed by atoms with Gasteiger partial charge in [-0.3, -0.25) is 0 Å². The minimum Gasteiger partial charge on any atom is -0.348 e. The summed E-state index contributed by atoms with van der Waals surface area (Å²) in [5.41, 5.74) is 0.817. The van der Waals surface area contributed by atoms with Gasteiger partial charge in [0.15, 0.2) is 12.1 Å². The van der Waals surface area contributed by atoms with Crippen LogP contribution in [-0.2, 0) is 37.7 Å². The molecule has 4 rings (SSSR count). The molecule has 25 heavy (non-hydrogen) atoms. The summed E-state index contributed by atoms with van der Waals surface area (Å²) in [6, 6.07) is 9.39. The quantitative estimate of drug-likeness (QED) is 0.767. The molecule has 138 valence electrons. The minimum absolute atomic E-state index is 0.132. The zero-order valence-corrected chi connectivity index (χ0v) is 14.7. The van der Waals surface area contributed by atoms with Gasteiger partial charge in [-0.2, -0.15) is 8.42 Å². The number of ether oxygens (including phenoxy) is 4. The molecule has 3 fully saturated rings. The van der Waals surface area contributed by atoms with Gasteiger partial charge in [-0.1, -0.05) is 30.3 Å². The average Bonchev–Trinajstić information content (AvgIpc) is 2.94. The van der Waals surface area contributed by atoms with Crippen molar-refractivity contribution in [2.24, 2.45) is 0 Å². The van der Waals surface area contributed by atoms with E-state index in [1.807, 2.05) is 30.3 Å². The van der Waals surface area contributed by atoms with E-state index in [0.717, 1.165) is 5.56 Å². The molecule has 0 N–H and O–H groups in total. The van der Waals surface area contributed by atoms with Crippen LogP contribution in [0.15, 0.2) is 30.3 Å². The predicted octanol–water partition coefficient (Wildman–Crippen LogP) is 1.28. The fourth-order valence-corrected chi connectivity index (χ4v) is 4.07. The lowest BCUT2D eigenvalue weighted by Gasteiger charge is -2.44. The molecular formula is C16H20O8S. The van der Waals surface area contributed by atoms with Gasteiger partial charge in [0.25, 0.3) is 0 Å². The predicted molar refractivity (Wildman–Crippen MR) is 83.6 cm³/mol. The van der Waals surface area contributed by atoms with Crippen molar-refractivity contribution in [3.63, 3.8) is 0 Å². The number of hydrogen-bond acceptors (Lipinski definition) is 8. The van der Waals surface area contributed by atoms with Crippen molar-refractivity contribution in [3.05, 3.63) is 35.9 Å². The molecule has 0 amide bonds. The molecule has 0 spiro atoms. The molecule has 8 nitrogen and oxygen atoms in total. The van der Waals surface area contributed by atoms with Crippen LogP contribution in [-0.4, -0.2) is 51.8 Å².